The third-order valence-corrected chi connectivity index (χ3v) is 2.77. The fraction of sp³-hybridized carbons (Fsp3) is 0.143. The Balaban J connectivity index is 2.35. The lowest BCUT2D eigenvalue weighted by Gasteiger charge is -2.04. The molecule has 22 heavy (non-hydrogen) atoms. The summed E-state index contributed by atoms with van der Waals surface area (Å²) in [7, 11) is 0. The third kappa shape index (κ3) is 3.48. The number of nitrogens with zero attached hydrogens (tertiary/aromatic N) is 1. The summed E-state index contributed by atoms with van der Waals surface area (Å²) in [6.07, 6.45) is 0. The lowest BCUT2D eigenvalue weighted by atomic mass is 10.2. The molecule has 1 heterocycles. The van der Waals surface area contributed by atoms with E-state index in [1.807, 2.05) is 4.98 Å². The van der Waals surface area contributed by atoms with Crippen LogP contribution >= 0.6 is 0 Å². The minimum absolute atomic E-state index is 0.106. The number of carbonyl (C=O) groups is 1. The maximum Gasteiger partial charge on any atom is 0.328 e. The zero-order valence-corrected chi connectivity index (χ0v) is 11.9. The second-order valence-electron chi connectivity index (χ2n) is 4.56. The Morgan fingerprint density at radius 1 is 1.14 bits per heavy atom. The van der Waals surface area contributed by atoms with E-state index in [9.17, 15) is 19.5 Å². The third-order valence-electron chi connectivity index (χ3n) is 2.77. The fourth-order valence-electron chi connectivity index (χ4n) is 1.88. The molecule has 0 unspecified atom stereocenters. The molecule has 4 N–H and O–H groups in total. The average molecular weight is 302 g/mol. The van der Waals surface area contributed by atoms with E-state index in [1.54, 1.807) is 24.3 Å². The van der Waals surface area contributed by atoms with Crippen molar-refractivity contribution in [1.29, 1.82) is 0 Å². The van der Waals surface area contributed by atoms with Crippen LogP contribution in [-0.4, -0.2) is 26.7 Å². The molecule has 8 nitrogen and oxygen atoms in total. The van der Waals surface area contributed by atoms with Gasteiger partial charge in [0.1, 0.15) is 5.56 Å². The number of anilines is 1. The topological polar surface area (TPSA) is 127 Å². The summed E-state index contributed by atoms with van der Waals surface area (Å²) in [6.45, 7) is 2.94. The molecule has 0 spiro atoms. The summed E-state index contributed by atoms with van der Waals surface area (Å²) < 4.78 is 0. The van der Waals surface area contributed by atoms with Crippen LogP contribution in [0, 0.1) is 0 Å². The minimum Gasteiger partial charge on any atom is -0.494 e. The highest BCUT2D eigenvalue weighted by Gasteiger charge is 2.11. The summed E-state index contributed by atoms with van der Waals surface area (Å²) in [4.78, 5) is 42.0. The van der Waals surface area contributed by atoms with Crippen LogP contribution in [0.1, 0.15) is 19.4 Å². The molecule has 114 valence electrons. The SMILES string of the molecule is CC(=O)Nc1ccc(N=C(C)c2c(O)[nH]c(=O)[nH]c2=O)cc1. The molecular formula is C14H14N4O4. The monoisotopic (exact) mass is 302 g/mol. The predicted molar refractivity (Wildman–Crippen MR) is 82.0 cm³/mol. The first kappa shape index (κ1) is 15.2. The van der Waals surface area contributed by atoms with Crippen LogP contribution in [0.2, 0.25) is 0 Å². The molecule has 0 saturated carbocycles. The molecule has 8 heteroatoms. The Labute approximate surface area is 124 Å². The van der Waals surface area contributed by atoms with E-state index < -0.39 is 17.1 Å². The van der Waals surface area contributed by atoms with Gasteiger partial charge in [0.15, 0.2) is 0 Å². The summed E-state index contributed by atoms with van der Waals surface area (Å²) in [5.41, 5.74) is -0.241. The van der Waals surface area contributed by atoms with Crippen molar-refractivity contribution >= 4 is 23.0 Å². The van der Waals surface area contributed by atoms with Crippen LogP contribution in [0.4, 0.5) is 11.4 Å². The molecule has 0 bridgehead atoms. The molecule has 1 aromatic carbocycles. The van der Waals surface area contributed by atoms with Gasteiger partial charge in [0.05, 0.1) is 11.4 Å². The maximum absolute atomic E-state index is 11.7. The maximum atomic E-state index is 11.7. The molecule has 0 aliphatic rings. The number of aromatic hydroxyl groups is 1. The predicted octanol–water partition coefficient (Wildman–Crippen LogP) is 0.868. The number of H-pyrrole nitrogens is 2. The summed E-state index contributed by atoms with van der Waals surface area (Å²) in [5.74, 6) is -0.720. The van der Waals surface area contributed by atoms with E-state index in [1.165, 1.54) is 13.8 Å². The van der Waals surface area contributed by atoms with Gasteiger partial charge < -0.3 is 10.4 Å². The first-order valence-corrected chi connectivity index (χ1v) is 6.35. The zero-order chi connectivity index (χ0) is 16.3. The van der Waals surface area contributed by atoms with Crippen molar-refractivity contribution in [3.8, 4) is 5.88 Å². The number of nitrogens with one attached hydrogen (secondary N) is 3. The first-order valence-electron chi connectivity index (χ1n) is 6.35. The number of amides is 1. The van der Waals surface area contributed by atoms with Gasteiger partial charge in [0.2, 0.25) is 11.8 Å². The van der Waals surface area contributed by atoms with Crippen molar-refractivity contribution in [3.63, 3.8) is 0 Å². The number of aromatic nitrogens is 2. The molecule has 1 aromatic heterocycles. The van der Waals surface area contributed by atoms with Crippen molar-refractivity contribution in [1.82, 2.24) is 9.97 Å². The largest absolute Gasteiger partial charge is 0.494 e. The van der Waals surface area contributed by atoms with Gasteiger partial charge in [-0.1, -0.05) is 0 Å². The molecule has 2 rings (SSSR count). The fourth-order valence-corrected chi connectivity index (χ4v) is 1.88. The first-order chi connectivity index (χ1) is 10.4. The Hall–Kier alpha value is -3.16. The molecular weight excluding hydrogens is 288 g/mol. The van der Waals surface area contributed by atoms with Gasteiger partial charge in [-0.25, -0.2) is 4.79 Å². The van der Waals surface area contributed by atoms with Crippen LogP contribution in [0.5, 0.6) is 5.88 Å². The van der Waals surface area contributed by atoms with E-state index in [4.69, 9.17) is 0 Å². The van der Waals surface area contributed by atoms with E-state index in [2.05, 4.69) is 15.3 Å². The smallest absolute Gasteiger partial charge is 0.328 e. The second-order valence-corrected chi connectivity index (χ2v) is 4.56. The Kier molecular flexibility index (Phi) is 4.21. The Morgan fingerprint density at radius 2 is 1.77 bits per heavy atom. The Bertz CT molecular complexity index is 846. The number of rotatable bonds is 3. The van der Waals surface area contributed by atoms with Crippen LogP contribution in [0.25, 0.3) is 0 Å². The van der Waals surface area contributed by atoms with Crippen LogP contribution in [0.3, 0.4) is 0 Å². The number of hydrogen-bond donors (Lipinski definition) is 4. The van der Waals surface area contributed by atoms with Gasteiger partial charge in [0, 0.05) is 12.6 Å². The number of benzene rings is 1. The molecule has 0 radical (unpaired) electrons. The van der Waals surface area contributed by atoms with Crippen LogP contribution < -0.4 is 16.6 Å². The Morgan fingerprint density at radius 3 is 2.32 bits per heavy atom. The molecule has 1 amide bonds. The highest BCUT2D eigenvalue weighted by molar-refractivity contribution is 6.01. The summed E-state index contributed by atoms with van der Waals surface area (Å²) in [5, 5.41) is 12.3. The van der Waals surface area contributed by atoms with Gasteiger partial charge in [-0.05, 0) is 31.2 Å². The van der Waals surface area contributed by atoms with E-state index in [0.717, 1.165) is 0 Å². The van der Waals surface area contributed by atoms with Crippen molar-refractivity contribution in [3.05, 3.63) is 50.7 Å². The van der Waals surface area contributed by atoms with Crippen molar-refractivity contribution in [2.75, 3.05) is 5.32 Å². The second kappa shape index (κ2) is 6.08. The van der Waals surface area contributed by atoms with Crippen molar-refractivity contribution in [2.24, 2.45) is 4.99 Å². The minimum atomic E-state index is -0.793. The number of aromatic amines is 2. The highest BCUT2D eigenvalue weighted by atomic mass is 16.3. The van der Waals surface area contributed by atoms with E-state index in [0.29, 0.717) is 11.4 Å². The van der Waals surface area contributed by atoms with Crippen molar-refractivity contribution < 1.29 is 9.90 Å². The van der Waals surface area contributed by atoms with Gasteiger partial charge in [0.25, 0.3) is 5.56 Å². The van der Waals surface area contributed by atoms with Crippen LogP contribution in [-0.2, 0) is 4.79 Å². The quantitative estimate of drug-likeness (QED) is 0.627. The number of aliphatic imine (C=N–C) groups is 1. The van der Waals surface area contributed by atoms with E-state index in [-0.39, 0.29) is 17.2 Å². The number of hydrogen-bond acceptors (Lipinski definition) is 5. The molecule has 0 aliphatic heterocycles. The lowest BCUT2D eigenvalue weighted by Crippen LogP contribution is -2.27. The molecule has 0 atom stereocenters. The van der Waals surface area contributed by atoms with Gasteiger partial charge in [-0.3, -0.25) is 24.5 Å². The normalized spacial score (nSPS) is 11.3. The molecule has 2 aromatic rings. The van der Waals surface area contributed by atoms with Gasteiger partial charge >= 0.3 is 5.69 Å². The van der Waals surface area contributed by atoms with Crippen molar-refractivity contribution in [2.45, 2.75) is 13.8 Å². The van der Waals surface area contributed by atoms with E-state index >= 15 is 0 Å². The van der Waals surface area contributed by atoms with Gasteiger partial charge in [-0.15, -0.1) is 0 Å². The molecule has 0 saturated heterocycles. The van der Waals surface area contributed by atoms with Crippen LogP contribution in [0.15, 0.2) is 38.8 Å². The standard InChI is InChI=1S/C14H14N4O4/c1-7(11-12(20)17-14(22)18-13(11)21)15-9-3-5-10(6-4-9)16-8(2)19/h3-6H,1-2H3,(H,16,19)(H3,17,18,20,21,22). The summed E-state index contributed by atoms with van der Waals surface area (Å²) in [6, 6.07) is 6.60. The zero-order valence-electron chi connectivity index (χ0n) is 11.9. The lowest BCUT2D eigenvalue weighted by molar-refractivity contribution is -0.114. The average Bonchev–Trinajstić information content (AvgIpc) is 2.39. The highest BCUT2D eigenvalue weighted by Crippen LogP contribution is 2.18. The molecule has 0 aliphatic carbocycles. The van der Waals surface area contributed by atoms with Gasteiger partial charge in [-0.2, -0.15) is 0 Å². The number of carbonyl (C=O) groups excluding carboxylic acids is 1. The molecule has 0 fully saturated rings. The summed E-state index contributed by atoms with van der Waals surface area (Å²) >= 11 is 0.